The first kappa shape index (κ1) is 9.89. The Morgan fingerprint density at radius 1 is 1.27 bits per heavy atom. The predicted octanol–water partition coefficient (Wildman–Crippen LogP) is 1.40. The summed E-state index contributed by atoms with van der Waals surface area (Å²) in [6.45, 7) is 2.00. The molecule has 2 rings (SSSR count). The average Bonchev–Trinajstić information content (AvgIpc) is 2.78. The van der Waals surface area contributed by atoms with E-state index in [4.69, 9.17) is 5.84 Å². The van der Waals surface area contributed by atoms with Gasteiger partial charge in [0.25, 0.3) is 0 Å². The fourth-order valence-electron chi connectivity index (χ4n) is 1.51. The normalized spacial score (nSPS) is 12.7. The van der Waals surface area contributed by atoms with Gasteiger partial charge in [-0.2, -0.15) is 5.10 Å². The van der Waals surface area contributed by atoms with Crippen LogP contribution in [0.5, 0.6) is 0 Å². The summed E-state index contributed by atoms with van der Waals surface area (Å²) in [5.74, 6) is 5.42. The molecule has 0 bridgehead atoms. The number of hydrogen-bond donors (Lipinski definition) is 2. The maximum absolute atomic E-state index is 5.42. The molecule has 3 N–H and O–H groups in total. The summed E-state index contributed by atoms with van der Waals surface area (Å²) in [6.07, 6.45) is 1.77. The lowest BCUT2D eigenvalue weighted by Crippen LogP contribution is -2.27. The maximum Gasteiger partial charge on any atom is 0.0649 e. The molecule has 1 heterocycles. The van der Waals surface area contributed by atoms with E-state index in [9.17, 15) is 0 Å². The van der Waals surface area contributed by atoms with Crippen LogP contribution in [0.4, 0.5) is 0 Å². The van der Waals surface area contributed by atoms with E-state index in [0.29, 0.717) is 0 Å². The van der Waals surface area contributed by atoms with Crippen LogP contribution in [0.25, 0.3) is 5.69 Å². The van der Waals surface area contributed by atoms with Crippen molar-refractivity contribution < 1.29 is 0 Å². The summed E-state index contributed by atoms with van der Waals surface area (Å²) in [7, 11) is 0. The van der Waals surface area contributed by atoms with Crippen LogP contribution in [0.1, 0.15) is 18.7 Å². The van der Waals surface area contributed by atoms with Crippen LogP contribution in [-0.2, 0) is 0 Å². The molecule has 0 fully saturated rings. The van der Waals surface area contributed by atoms with Gasteiger partial charge in [-0.1, -0.05) is 18.2 Å². The highest BCUT2D eigenvalue weighted by Crippen LogP contribution is 2.15. The zero-order valence-corrected chi connectivity index (χ0v) is 8.59. The van der Waals surface area contributed by atoms with E-state index in [1.165, 1.54) is 0 Å². The van der Waals surface area contributed by atoms with Gasteiger partial charge in [0, 0.05) is 6.20 Å². The minimum Gasteiger partial charge on any atom is -0.271 e. The molecule has 15 heavy (non-hydrogen) atoms. The van der Waals surface area contributed by atoms with E-state index in [1.54, 1.807) is 6.20 Å². The van der Waals surface area contributed by atoms with Gasteiger partial charge >= 0.3 is 0 Å². The number of aromatic nitrogens is 2. The number of benzene rings is 1. The summed E-state index contributed by atoms with van der Waals surface area (Å²) in [6, 6.07) is 12.0. The summed E-state index contributed by atoms with van der Waals surface area (Å²) in [4.78, 5) is 0. The number of nitrogens with two attached hydrogens (primary N) is 1. The second-order valence-corrected chi connectivity index (χ2v) is 3.39. The van der Waals surface area contributed by atoms with Gasteiger partial charge in [-0.05, 0) is 25.1 Å². The highest BCUT2D eigenvalue weighted by Gasteiger charge is 2.10. The molecule has 4 nitrogen and oxygen atoms in total. The molecule has 2 aromatic rings. The number of hydrogen-bond acceptors (Lipinski definition) is 3. The van der Waals surface area contributed by atoms with E-state index in [2.05, 4.69) is 10.5 Å². The van der Waals surface area contributed by atoms with E-state index in [1.807, 2.05) is 48.0 Å². The molecule has 0 aliphatic heterocycles. The molecule has 78 valence electrons. The SMILES string of the molecule is CC(NN)c1ccnn1-c1ccccc1. The van der Waals surface area contributed by atoms with Crippen molar-refractivity contribution in [3.8, 4) is 5.69 Å². The van der Waals surface area contributed by atoms with Gasteiger partial charge < -0.3 is 0 Å². The Kier molecular flexibility index (Phi) is 2.80. The Morgan fingerprint density at radius 2 is 2.00 bits per heavy atom. The van der Waals surface area contributed by atoms with Gasteiger partial charge in [0.2, 0.25) is 0 Å². The lowest BCUT2D eigenvalue weighted by molar-refractivity contribution is 0.566. The molecule has 1 aromatic carbocycles. The smallest absolute Gasteiger partial charge is 0.0649 e. The Morgan fingerprint density at radius 3 is 2.67 bits per heavy atom. The first-order valence-electron chi connectivity index (χ1n) is 4.88. The molecule has 0 aliphatic carbocycles. The number of para-hydroxylation sites is 1. The van der Waals surface area contributed by atoms with Crippen molar-refractivity contribution in [2.24, 2.45) is 5.84 Å². The predicted molar refractivity (Wildman–Crippen MR) is 59.3 cm³/mol. The molecule has 0 amide bonds. The van der Waals surface area contributed by atoms with E-state index < -0.39 is 0 Å². The topological polar surface area (TPSA) is 55.9 Å². The van der Waals surface area contributed by atoms with Crippen molar-refractivity contribution in [3.05, 3.63) is 48.3 Å². The second-order valence-electron chi connectivity index (χ2n) is 3.39. The van der Waals surface area contributed by atoms with Crippen molar-refractivity contribution in [2.45, 2.75) is 13.0 Å². The van der Waals surface area contributed by atoms with Crippen LogP contribution in [0, 0.1) is 0 Å². The van der Waals surface area contributed by atoms with Gasteiger partial charge in [-0.15, -0.1) is 0 Å². The molecular formula is C11H14N4. The summed E-state index contributed by atoms with van der Waals surface area (Å²) >= 11 is 0. The minimum atomic E-state index is 0.0766. The molecule has 0 radical (unpaired) electrons. The minimum absolute atomic E-state index is 0.0766. The number of hydrazine groups is 1. The maximum atomic E-state index is 5.42. The second kappa shape index (κ2) is 4.25. The van der Waals surface area contributed by atoms with Gasteiger partial charge in [0.1, 0.15) is 0 Å². The lowest BCUT2D eigenvalue weighted by Gasteiger charge is -2.12. The molecule has 0 aliphatic rings. The Balaban J connectivity index is 2.41. The Labute approximate surface area is 88.7 Å². The van der Waals surface area contributed by atoms with Crippen LogP contribution in [-0.4, -0.2) is 9.78 Å². The number of rotatable bonds is 3. The largest absolute Gasteiger partial charge is 0.271 e. The van der Waals surface area contributed by atoms with Crippen molar-refractivity contribution in [1.82, 2.24) is 15.2 Å². The van der Waals surface area contributed by atoms with Gasteiger partial charge in [-0.25, -0.2) is 4.68 Å². The Hall–Kier alpha value is -1.65. The highest BCUT2D eigenvalue weighted by molar-refractivity contribution is 5.32. The summed E-state index contributed by atoms with van der Waals surface area (Å²) in [5, 5.41) is 4.28. The standard InChI is InChI=1S/C11H14N4/c1-9(14-12)11-7-8-13-15(11)10-5-3-2-4-6-10/h2-9,14H,12H2,1H3. The number of nitrogens with zero attached hydrogens (tertiary/aromatic N) is 2. The van der Waals surface area contributed by atoms with Crippen LogP contribution in [0.2, 0.25) is 0 Å². The molecular weight excluding hydrogens is 188 g/mol. The quantitative estimate of drug-likeness (QED) is 0.584. The molecule has 0 saturated heterocycles. The molecule has 0 saturated carbocycles. The first-order valence-corrected chi connectivity index (χ1v) is 4.88. The number of nitrogens with one attached hydrogen (secondary N) is 1. The van der Waals surface area contributed by atoms with Crippen LogP contribution < -0.4 is 11.3 Å². The third kappa shape index (κ3) is 1.91. The van der Waals surface area contributed by atoms with Gasteiger partial charge in [0.15, 0.2) is 0 Å². The van der Waals surface area contributed by atoms with Crippen LogP contribution >= 0.6 is 0 Å². The molecule has 4 heteroatoms. The first-order chi connectivity index (χ1) is 7.33. The van der Waals surface area contributed by atoms with E-state index >= 15 is 0 Å². The molecule has 1 aromatic heterocycles. The van der Waals surface area contributed by atoms with Gasteiger partial charge in [0.05, 0.1) is 17.4 Å². The summed E-state index contributed by atoms with van der Waals surface area (Å²) < 4.78 is 1.88. The average molecular weight is 202 g/mol. The van der Waals surface area contributed by atoms with Crippen LogP contribution in [0.15, 0.2) is 42.6 Å². The lowest BCUT2D eigenvalue weighted by atomic mass is 10.2. The van der Waals surface area contributed by atoms with Crippen molar-refractivity contribution >= 4 is 0 Å². The van der Waals surface area contributed by atoms with Crippen LogP contribution in [0.3, 0.4) is 0 Å². The van der Waals surface area contributed by atoms with E-state index in [0.717, 1.165) is 11.4 Å². The van der Waals surface area contributed by atoms with Gasteiger partial charge in [-0.3, -0.25) is 11.3 Å². The zero-order chi connectivity index (χ0) is 10.7. The van der Waals surface area contributed by atoms with Crippen molar-refractivity contribution in [1.29, 1.82) is 0 Å². The van der Waals surface area contributed by atoms with E-state index in [-0.39, 0.29) is 6.04 Å². The summed E-state index contributed by atoms with van der Waals surface area (Å²) in [5.41, 5.74) is 4.80. The monoisotopic (exact) mass is 202 g/mol. The fraction of sp³-hybridized carbons (Fsp3) is 0.182. The highest BCUT2D eigenvalue weighted by atomic mass is 15.3. The molecule has 0 spiro atoms. The zero-order valence-electron chi connectivity index (χ0n) is 8.59. The van der Waals surface area contributed by atoms with Crippen molar-refractivity contribution in [3.63, 3.8) is 0 Å². The fourth-order valence-corrected chi connectivity index (χ4v) is 1.51. The third-order valence-electron chi connectivity index (χ3n) is 2.37. The molecule has 1 atom stereocenters. The Bertz CT molecular complexity index is 421. The third-order valence-corrected chi connectivity index (χ3v) is 2.37. The van der Waals surface area contributed by atoms with Crippen molar-refractivity contribution in [2.75, 3.05) is 0 Å². The molecule has 1 unspecified atom stereocenters.